The molecule has 2 N–H and O–H groups in total. The molecule has 19 heavy (non-hydrogen) atoms. The minimum Gasteiger partial charge on any atom is -0.358 e. The van der Waals surface area contributed by atoms with E-state index in [1.165, 1.54) is 0 Å². The summed E-state index contributed by atoms with van der Waals surface area (Å²) in [4.78, 5) is 22.1. The maximum atomic E-state index is 11.5. The van der Waals surface area contributed by atoms with E-state index in [0.29, 0.717) is 12.5 Å². The standard InChI is InChI=1S/C13H23N5O/c1-4-7-15-13-16-8-6-11(17-13)18(9-5-2)10-12(19)14-3/h6,8H,4-5,7,9-10H2,1-3H3,(H,14,19)(H,15,16,17). The van der Waals surface area contributed by atoms with E-state index >= 15 is 0 Å². The molecule has 0 radical (unpaired) electrons. The van der Waals surface area contributed by atoms with Crippen molar-refractivity contribution in [3.8, 4) is 0 Å². The van der Waals surface area contributed by atoms with Crippen LogP contribution in [0.1, 0.15) is 26.7 Å². The molecule has 0 aliphatic rings. The maximum absolute atomic E-state index is 11.5. The van der Waals surface area contributed by atoms with Crippen LogP contribution in [0.3, 0.4) is 0 Å². The molecule has 0 saturated heterocycles. The molecule has 0 fully saturated rings. The van der Waals surface area contributed by atoms with E-state index in [1.807, 2.05) is 11.0 Å². The normalized spacial score (nSPS) is 10.1. The molecule has 0 atom stereocenters. The number of rotatable bonds is 8. The fraction of sp³-hybridized carbons (Fsp3) is 0.615. The molecule has 1 rings (SSSR count). The Bertz CT molecular complexity index is 396. The van der Waals surface area contributed by atoms with Gasteiger partial charge in [-0.3, -0.25) is 4.79 Å². The van der Waals surface area contributed by atoms with Gasteiger partial charge in [-0.25, -0.2) is 4.98 Å². The molecule has 1 aromatic heterocycles. The SMILES string of the molecule is CCCNc1nccc(N(CCC)CC(=O)NC)n1. The van der Waals surface area contributed by atoms with Crippen molar-refractivity contribution >= 4 is 17.7 Å². The first-order chi connectivity index (χ1) is 9.21. The Morgan fingerprint density at radius 1 is 1.37 bits per heavy atom. The number of aromatic nitrogens is 2. The number of hydrogen-bond donors (Lipinski definition) is 2. The average molecular weight is 265 g/mol. The number of carbonyl (C=O) groups is 1. The number of nitrogens with zero attached hydrogens (tertiary/aromatic N) is 3. The Morgan fingerprint density at radius 3 is 2.79 bits per heavy atom. The Hall–Kier alpha value is -1.85. The summed E-state index contributed by atoms with van der Waals surface area (Å²) in [5.74, 6) is 1.37. The van der Waals surface area contributed by atoms with Crippen molar-refractivity contribution in [3.05, 3.63) is 12.3 Å². The fourth-order valence-electron chi connectivity index (χ4n) is 1.64. The molecule has 1 amide bonds. The van der Waals surface area contributed by atoms with Gasteiger partial charge in [-0.15, -0.1) is 0 Å². The predicted octanol–water partition coefficient (Wildman–Crippen LogP) is 1.26. The highest BCUT2D eigenvalue weighted by Crippen LogP contribution is 2.12. The van der Waals surface area contributed by atoms with Gasteiger partial charge in [0, 0.05) is 26.3 Å². The van der Waals surface area contributed by atoms with Crippen LogP contribution < -0.4 is 15.5 Å². The third-order valence-electron chi connectivity index (χ3n) is 2.60. The molecule has 0 aromatic carbocycles. The molecule has 0 aliphatic carbocycles. The van der Waals surface area contributed by atoms with Crippen LogP contribution in [0.2, 0.25) is 0 Å². The summed E-state index contributed by atoms with van der Waals surface area (Å²) in [5, 5.41) is 5.78. The molecular formula is C13H23N5O. The second-order valence-electron chi connectivity index (χ2n) is 4.26. The molecule has 106 valence electrons. The third-order valence-corrected chi connectivity index (χ3v) is 2.60. The van der Waals surface area contributed by atoms with E-state index in [0.717, 1.165) is 31.7 Å². The first-order valence-corrected chi connectivity index (χ1v) is 6.73. The summed E-state index contributed by atoms with van der Waals surface area (Å²) in [6.07, 6.45) is 3.69. The smallest absolute Gasteiger partial charge is 0.239 e. The second-order valence-corrected chi connectivity index (χ2v) is 4.26. The monoisotopic (exact) mass is 265 g/mol. The van der Waals surface area contributed by atoms with Gasteiger partial charge in [0.1, 0.15) is 5.82 Å². The van der Waals surface area contributed by atoms with E-state index in [1.54, 1.807) is 13.2 Å². The van der Waals surface area contributed by atoms with E-state index in [4.69, 9.17) is 0 Å². The quantitative estimate of drug-likeness (QED) is 0.740. The summed E-state index contributed by atoms with van der Waals surface area (Å²) in [6.45, 7) is 6.11. The van der Waals surface area contributed by atoms with Gasteiger partial charge in [0.05, 0.1) is 6.54 Å². The van der Waals surface area contributed by atoms with Crippen LogP contribution in [-0.4, -0.2) is 42.6 Å². The van der Waals surface area contributed by atoms with E-state index < -0.39 is 0 Å². The lowest BCUT2D eigenvalue weighted by Crippen LogP contribution is -2.36. The van der Waals surface area contributed by atoms with Crippen LogP contribution in [0.15, 0.2) is 12.3 Å². The summed E-state index contributed by atoms with van der Waals surface area (Å²) >= 11 is 0. The van der Waals surface area contributed by atoms with E-state index in [2.05, 4.69) is 34.4 Å². The fourth-order valence-corrected chi connectivity index (χ4v) is 1.64. The molecule has 0 aliphatic heterocycles. The van der Waals surface area contributed by atoms with E-state index in [-0.39, 0.29) is 5.91 Å². The summed E-state index contributed by atoms with van der Waals surface area (Å²) in [7, 11) is 1.64. The van der Waals surface area contributed by atoms with Crippen LogP contribution in [0.25, 0.3) is 0 Å². The second kappa shape index (κ2) is 8.29. The van der Waals surface area contributed by atoms with Crippen LogP contribution >= 0.6 is 0 Å². The number of carbonyl (C=O) groups excluding carboxylic acids is 1. The zero-order chi connectivity index (χ0) is 14.1. The molecule has 0 spiro atoms. The van der Waals surface area contributed by atoms with Crippen molar-refractivity contribution < 1.29 is 4.79 Å². The minimum atomic E-state index is -0.0184. The zero-order valence-corrected chi connectivity index (χ0v) is 11.9. The lowest BCUT2D eigenvalue weighted by Gasteiger charge is -2.22. The van der Waals surface area contributed by atoms with Gasteiger partial charge < -0.3 is 15.5 Å². The number of amides is 1. The summed E-state index contributed by atoms with van der Waals surface area (Å²) in [6, 6.07) is 1.83. The highest BCUT2D eigenvalue weighted by Gasteiger charge is 2.11. The molecule has 0 bridgehead atoms. The van der Waals surface area contributed by atoms with Crippen molar-refractivity contribution in [2.75, 3.05) is 36.9 Å². The van der Waals surface area contributed by atoms with Gasteiger partial charge in [-0.2, -0.15) is 4.98 Å². The largest absolute Gasteiger partial charge is 0.358 e. The van der Waals surface area contributed by atoms with Crippen LogP contribution in [0, 0.1) is 0 Å². The molecule has 6 nitrogen and oxygen atoms in total. The topological polar surface area (TPSA) is 70.2 Å². The Kier molecular flexibility index (Phi) is 6.63. The highest BCUT2D eigenvalue weighted by molar-refractivity contribution is 5.80. The molecule has 6 heteroatoms. The van der Waals surface area contributed by atoms with Gasteiger partial charge in [-0.05, 0) is 18.9 Å². The van der Waals surface area contributed by atoms with Gasteiger partial charge in [0.15, 0.2) is 0 Å². The number of hydrogen-bond acceptors (Lipinski definition) is 5. The van der Waals surface area contributed by atoms with Crippen molar-refractivity contribution in [1.29, 1.82) is 0 Å². The number of nitrogens with one attached hydrogen (secondary N) is 2. The van der Waals surface area contributed by atoms with Crippen LogP contribution in [0.4, 0.5) is 11.8 Å². The van der Waals surface area contributed by atoms with Crippen LogP contribution in [-0.2, 0) is 4.79 Å². The molecular weight excluding hydrogens is 242 g/mol. The van der Waals surface area contributed by atoms with Crippen molar-refractivity contribution in [3.63, 3.8) is 0 Å². The first kappa shape index (κ1) is 15.2. The summed E-state index contributed by atoms with van der Waals surface area (Å²) < 4.78 is 0. The number of likely N-dealkylation sites (N-methyl/N-ethyl adjacent to an activating group) is 1. The minimum absolute atomic E-state index is 0.0184. The van der Waals surface area contributed by atoms with Gasteiger partial charge in [-0.1, -0.05) is 13.8 Å². The number of anilines is 2. The summed E-state index contributed by atoms with van der Waals surface area (Å²) in [5.41, 5.74) is 0. The van der Waals surface area contributed by atoms with Crippen LogP contribution in [0.5, 0.6) is 0 Å². The van der Waals surface area contributed by atoms with E-state index in [9.17, 15) is 4.79 Å². The first-order valence-electron chi connectivity index (χ1n) is 6.73. The Labute approximate surface area is 114 Å². The third kappa shape index (κ3) is 5.11. The predicted molar refractivity (Wildman–Crippen MR) is 77.4 cm³/mol. The Balaban J connectivity index is 2.79. The molecule has 0 unspecified atom stereocenters. The maximum Gasteiger partial charge on any atom is 0.239 e. The highest BCUT2D eigenvalue weighted by atomic mass is 16.1. The van der Waals surface area contributed by atoms with Crippen molar-refractivity contribution in [1.82, 2.24) is 15.3 Å². The molecule has 0 saturated carbocycles. The van der Waals surface area contributed by atoms with Crippen molar-refractivity contribution in [2.24, 2.45) is 0 Å². The van der Waals surface area contributed by atoms with Crippen molar-refractivity contribution in [2.45, 2.75) is 26.7 Å². The molecule has 1 heterocycles. The average Bonchev–Trinajstić information content (AvgIpc) is 2.44. The lowest BCUT2D eigenvalue weighted by molar-refractivity contribution is -0.119. The van der Waals surface area contributed by atoms with Gasteiger partial charge >= 0.3 is 0 Å². The van der Waals surface area contributed by atoms with Gasteiger partial charge in [0.2, 0.25) is 11.9 Å². The Morgan fingerprint density at radius 2 is 2.16 bits per heavy atom. The zero-order valence-electron chi connectivity index (χ0n) is 11.9. The van der Waals surface area contributed by atoms with Gasteiger partial charge in [0.25, 0.3) is 0 Å². The molecule has 1 aromatic rings. The lowest BCUT2D eigenvalue weighted by atomic mass is 10.3.